The Morgan fingerprint density at radius 1 is 1.50 bits per heavy atom. The summed E-state index contributed by atoms with van der Waals surface area (Å²) < 4.78 is 3.84. The molecule has 0 spiro atoms. The highest BCUT2D eigenvalue weighted by molar-refractivity contribution is 7.98. The first-order valence-electron chi connectivity index (χ1n) is 8.46. The molecule has 2 aromatic heterocycles. The number of aromatic nitrogens is 2. The minimum absolute atomic E-state index is 0. The summed E-state index contributed by atoms with van der Waals surface area (Å²) in [6, 6.07) is -0.345. The number of thioether (sulfide) groups is 1. The number of amides is 1. The topological polar surface area (TPSA) is 106 Å². The lowest BCUT2D eigenvalue weighted by Gasteiger charge is -2.44. The number of imidazole rings is 1. The number of aliphatic hydroxyl groups excluding tert-OH is 2. The maximum absolute atomic E-state index is 12.4. The number of hydrogen-bond acceptors (Lipinski definition) is 6. The molecule has 0 radical (unpaired) electrons. The van der Waals surface area contributed by atoms with E-state index in [9.17, 15) is 24.9 Å². The summed E-state index contributed by atoms with van der Waals surface area (Å²) in [5.41, 5.74) is 1.14. The van der Waals surface area contributed by atoms with E-state index in [4.69, 9.17) is 0 Å². The number of nitrogens with zero attached hydrogens (tertiary/aromatic N) is 3. The lowest BCUT2D eigenvalue weighted by Crippen LogP contribution is -3.00. The zero-order valence-corrected chi connectivity index (χ0v) is 19.2. The van der Waals surface area contributed by atoms with E-state index in [1.807, 2.05) is 28.6 Å². The van der Waals surface area contributed by atoms with E-state index in [0.717, 1.165) is 9.86 Å². The third-order valence-corrected chi connectivity index (χ3v) is 7.58. The number of carbonyl (C=O) groups is 2. The van der Waals surface area contributed by atoms with Crippen LogP contribution in [0.5, 0.6) is 0 Å². The van der Waals surface area contributed by atoms with Crippen molar-refractivity contribution in [1.82, 2.24) is 9.30 Å². The smallest absolute Gasteiger partial charge is 0.352 e. The second-order valence-electron chi connectivity index (χ2n) is 6.83. The third kappa shape index (κ3) is 2.82. The van der Waals surface area contributed by atoms with Crippen molar-refractivity contribution in [2.75, 3.05) is 6.26 Å². The zero-order chi connectivity index (χ0) is 19.6. The molecule has 0 bridgehead atoms. The summed E-state index contributed by atoms with van der Waals surface area (Å²) in [5, 5.41) is 30.6. The van der Waals surface area contributed by atoms with Crippen molar-refractivity contribution in [3.05, 3.63) is 22.6 Å². The van der Waals surface area contributed by atoms with Gasteiger partial charge in [-0.15, -0.1) is 0 Å². The molecule has 0 saturated carbocycles. The van der Waals surface area contributed by atoms with Crippen LogP contribution in [0.3, 0.4) is 0 Å². The van der Waals surface area contributed by atoms with Gasteiger partial charge in [-0.05, 0) is 19.6 Å². The molecule has 11 heteroatoms. The van der Waals surface area contributed by atoms with Gasteiger partial charge in [0.25, 0.3) is 6.33 Å². The number of halogens is 1. The maximum atomic E-state index is 12.4. The summed E-state index contributed by atoms with van der Waals surface area (Å²) in [6.07, 6.45) is 3.36. The number of fused-ring (bicyclic) bond motifs is 2. The molecule has 4 heterocycles. The lowest BCUT2D eigenvalue weighted by molar-refractivity contribution is -0.705. The Kier molecular flexibility index (Phi) is 5.85. The normalized spacial score (nSPS) is 22.3. The van der Waals surface area contributed by atoms with Crippen LogP contribution < -0.4 is 28.5 Å². The van der Waals surface area contributed by atoms with Crippen LogP contribution in [-0.2, 0) is 23.2 Å². The van der Waals surface area contributed by atoms with Crippen LogP contribution in [0, 0.1) is 5.92 Å². The zero-order valence-electron chi connectivity index (χ0n) is 15.4. The molecule has 0 aliphatic carbocycles. The number of carboxylic acid groups (broad SMARTS) is 1. The standard InChI is InChI=1S/C17H19N3O5S2.HI/c1-7(22)11-9-4-8(12(17(24)25)20(9)14(11)23)13-10(5-21)19-6-18(2)15(26-3)16(19)27-13;/h6-7,9,11,21-22H,4-5H2,1-3H3;1H/t7-,9-,11-;/m1./s1. The predicted octanol–water partition coefficient (Wildman–Crippen LogP) is -2.55. The number of rotatable bonds is 5. The van der Waals surface area contributed by atoms with Gasteiger partial charge in [0, 0.05) is 5.57 Å². The number of β-lactam (4-membered cyclic amide) rings is 1. The van der Waals surface area contributed by atoms with Gasteiger partial charge < -0.3 is 44.2 Å². The van der Waals surface area contributed by atoms with Crippen molar-refractivity contribution in [2.45, 2.75) is 37.1 Å². The number of aliphatic carboxylic acids is 1. The summed E-state index contributed by atoms with van der Waals surface area (Å²) in [7, 11) is 1.92. The predicted molar refractivity (Wildman–Crippen MR) is 99.1 cm³/mol. The second-order valence-corrected chi connectivity index (χ2v) is 8.62. The molecule has 0 aromatic carbocycles. The van der Waals surface area contributed by atoms with E-state index < -0.39 is 18.0 Å². The summed E-state index contributed by atoms with van der Waals surface area (Å²) >= 11 is 2.99. The van der Waals surface area contributed by atoms with Crippen LogP contribution >= 0.6 is 23.1 Å². The molecular weight excluding hydrogens is 517 g/mol. The Hall–Kier alpha value is -1.15. The molecule has 1 amide bonds. The van der Waals surface area contributed by atoms with E-state index in [1.54, 1.807) is 18.7 Å². The number of thiazole rings is 1. The maximum Gasteiger partial charge on any atom is 0.352 e. The molecule has 2 aliphatic rings. The Bertz CT molecular complexity index is 1010. The number of carboxylic acids is 1. The Morgan fingerprint density at radius 2 is 2.18 bits per heavy atom. The highest BCUT2D eigenvalue weighted by Gasteiger charge is 2.57. The van der Waals surface area contributed by atoms with Crippen LogP contribution in [0.1, 0.15) is 23.9 Å². The minimum atomic E-state index is -1.16. The molecule has 0 unspecified atom stereocenters. The van der Waals surface area contributed by atoms with Gasteiger partial charge in [0.1, 0.15) is 12.3 Å². The van der Waals surface area contributed by atoms with Crippen LogP contribution in [0.15, 0.2) is 17.1 Å². The number of carbonyl (C=O) groups excluding carboxylic acids is 1. The molecule has 2 aromatic rings. The number of aryl methyl sites for hydroxylation is 1. The summed E-state index contributed by atoms with van der Waals surface area (Å²) in [6.45, 7) is 1.31. The molecular formula is C17H20IN3O5S2. The SMILES string of the molecule is CSc1c2sc(C3=C(C(=O)O)N4C(=O)[C@H]([C@@H](C)O)[C@H]4C3)c(CO)n2c[n+]1C.[I-]. The Morgan fingerprint density at radius 3 is 2.71 bits per heavy atom. The molecule has 1 fully saturated rings. The number of aliphatic hydroxyl groups is 2. The molecule has 3 atom stereocenters. The van der Waals surface area contributed by atoms with Crippen LogP contribution in [0.4, 0.5) is 0 Å². The third-order valence-electron chi connectivity index (χ3n) is 5.31. The fraction of sp³-hybridized carbons (Fsp3) is 0.471. The quantitative estimate of drug-likeness (QED) is 0.168. The van der Waals surface area contributed by atoms with Crippen molar-refractivity contribution in [2.24, 2.45) is 13.0 Å². The van der Waals surface area contributed by atoms with Crippen molar-refractivity contribution >= 4 is 45.4 Å². The van der Waals surface area contributed by atoms with Gasteiger partial charge in [-0.3, -0.25) is 4.79 Å². The monoisotopic (exact) mass is 537 g/mol. The van der Waals surface area contributed by atoms with Crippen LogP contribution in [-0.4, -0.2) is 54.9 Å². The van der Waals surface area contributed by atoms with Gasteiger partial charge >= 0.3 is 5.97 Å². The van der Waals surface area contributed by atoms with E-state index in [1.165, 1.54) is 16.2 Å². The van der Waals surface area contributed by atoms with E-state index in [2.05, 4.69) is 0 Å². The van der Waals surface area contributed by atoms with Crippen molar-refractivity contribution in [3.8, 4) is 0 Å². The average Bonchev–Trinajstić information content (AvgIpc) is 3.20. The van der Waals surface area contributed by atoms with Gasteiger partial charge in [0.15, 0.2) is 5.69 Å². The van der Waals surface area contributed by atoms with E-state index in [-0.39, 0.29) is 48.2 Å². The first-order chi connectivity index (χ1) is 12.8. The first kappa shape index (κ1) is 21.6. The van der Waals surface area contributed by atoms with Gasteiger partial charge in [-0.2, -0.15) is 4.40 Å². The fourth-order valence-electron chi connectivity index (χ4n) is 4.17. The second kappa shape index (κ2) is 7.59. The van der Waals surface area contributed by atoms with Gasteiger partial charge in [0.05, 0.1) is 30.0 Å². The molecule has 8 nitrogen and oxygen atoms in total. The van der Waals surface area contributed by atoms with Gasteiger partial charge in [-0.25, -0.2) is 9.36 Å². The fourth-order valence-corrected chi connectivity index (χ4v) is 6.42. The molecule has 2 aliphatic heterocycles. The summed E-state index contributed by atoms with van der Waals surface area (Å²) in [5.74, 6) is -2.10. The minimum Gasteiger partial charge on any atom is -1.00 e. The van der Waals surface area contributed by atoms with E-state index >= 15 is 0 Å². The van der Waals surface area contributed by atoms with Crippen molar-refractivity contribution in [1.29, 1.82) is 0 Å². The lowest BCUT2D eigenvalue weighted by atomic mass is 9.83. The Balaban J connectivity index is 0.00000225. The van der Waals surface area contributed by atoms with Gasteiger partial charge in [-0.1, -0.05) is 23.1 Å². The van der Waals surface area contributed by atoms with E-state index in [0.29, 0.717) is 22.6 Å². The van der Waals surface area contributed by atoms with Crippen LogP contribution in [0.2, 0.25) is 0 Å². The highest BCUT2D eigenvalue weighted by Crippen LogP contribution is 2.49. The van der Waals surface area contributed by atoms with Crippen LogP contribution in [0.25, 0.3) is 10.4 Å². The number of hydrogen-bond donors (Lipinski definition) is 3. The van der Waals surface area contributed by atoms with Gasteiger partial charge in [0.2, 0.25) is 15.8 Å². The Labute approximate surface area is 186 Å². The first-order valence-corrected chi connectivity index (χ1v) is 10.5. The summed E-state index contributed by atoms with van der Waals surface area (Å²) in [4.78, 5) is 27.3. The molecule has 3 N–H and O–H groups in total. The molecule has 152 valence electrons. The molecule has 4 rings (SSSR count). The van der Waals surface area contributed by atoms with Crippen molar-refractivity contribution in [3.63, 3.8) is 0 Å². The van der Waals surface area contributed by atoms with Crippen molar-refractivity contribution < 1.29 is 53.5 Å². The highest BCUT2D eigenvalue weighted by atomic mass is 127. The average molecular weight is 537 g/mol. The molecule has 1 saturated heterocycles. The molecule has 28 heavy (non-hydrogen) atoms. The largest absolute Gasteiger partial charge is 1.00 e.